The molecule has 1 aliphatic carbocycles. The number of hydrogen-bond acceptors (Lipinski definition) is 3. The average Bonchev–Trinajstić information content (AvgIpc) is 2.93. The summed E-state index contributed by atoms with van der Waals surface area (Å²) >= 11 is 0. The fourth-order valence-electron chi connectivity index (χ4n) is 2.72. The Morgan fingerprint density at radius 2 is 1.88 bits per heavy atom. The molecule has 0 radical (unpaired) electrons. The van der Waals surface area contributed by atoms with E-state index >= 15 is 0 Å². The number of Topliss-reactive ketones (excluding diaryl/α,β-unsaturated/α-hetero) is 1. The summed E-state index contributed by atoms with van der Waals surface area (Å²) in [6, 6.07) is 3.88. The lowest BCUT2D eigenvalue weighted by Gasteiger charge is -2.15. The molecule has 2 aliphatic rings. The number of nitrogens with one attached hydrogen (secondary N) is 1. The summed E-state index contributed by atoms with van der Waals surface area (Å²) in [5.41, 5.74) is -0.431. The van der Waals surface area contributed by atoms with Crippen molar-refractivity contribution in [2.24, 2.45) is 5.92 Å². The van der Waals surface area contributed by atoms with E-state index in [1.165, 1.54) is 6.92 Å². The maximum Gasteiger partial charge on any atom is 0.416 e. The van der Waals surface area contributed by atoms with Gasteiger partial charge in [-0.3, -0.25) is 9.59 Å². The molecule has 1 unspecified atom stereocenters. The van der Waals surface area contributed by atoms with Gasteiger partial charge in [0.05, 0.1) is 17.2 Å². The van der Waals surface area contributed by atoms with E-state index in [0.29, 0.717) is 17.9 Å². The molecule has 1 N–H and O–H groups in total. The van der Waals surface area contributed by atoms with Crippen LogP contribution in [0.4, 0.5) is 13.2 Å². The molecule has 1 amide bonds. The highest BCUT2D eigenvalue weighted by Gasteiger charge is 2.36. The van der Waals surface area contributed by atoms with Gasteiger partial charge in [-0.25, -0.2) is 0 Å². The maximum absolute atomic E-state index is 12.6. The second-order valence-corrected chi connectivity index (χ2v) is 5.72. The summed E-state index contributed by atoms with van der Waals surface area (Å²) in [5.74, 6) is -0.585. The van der Waals surface area contributed by atoms with Crippen molar-refractivity contribution in [1.29, 1.82) is 0 Å². The van der Waals surface area contributed by atoms with Gasteiger partial charge in [-0.05, 0) is 36.8 Å². The fourth-order valence-corrected chi connectivity index (χ4v) is 2.72. The number of carbonyl (C=O) groups excluding carboxylic acids is 2. The molecule has 1 heterocycles. The molecule has 3 rings (SSSR count). The first-order valence-corrected chi connectivity index (χ1v) is 7.55. The van der Waals surface area contributed by atoms with Crippen molar-refractivity contribution in [2.75, 3.05) is 0 Å². The molecular formula is C18H14F3NO3. The van der Waals surface area contributed by atoms with Crippen LogP contribution < -0.4 is 5.32 Å². The van der Waals surface area contributed by atoms with Gasteiger partial charge in [0.15, 0.2) is 11.5 Å². The Hall–Kier alpha value is -2.83. The second kappa shape index (κ2) is 6.23. The SMILES string of the molecule is CC(=O)C1=C(NC(=O)c2ccc(C(F)(F)F)cc2)C2CC=CC=C2O1. The summed E-state index contributed by atoms with van der Waals surface area (Å²) < 4.78 is 43.3. The van der Waals surface area contributed by atoms with Gasteiger partial charge in [0, 0.05) is 12.5 Å². The lowest BCUT2D eigenvalue weighted by atomic mass is 9.95. The monoisotopic (exact) mass is 349 g/mol. The number of halogens is 3. The van der Waals surface area contributed by atoms with Crippen LogP contribution in [-0.2, 0) is 15.7 Å². The van der Waals surface area contributed by atoms with Crippen LogP contribution in [0.3, 0.4) is 0 Å². The molecule has 1 aromatic rings. The molecule has 1 aromatic carbocycles. The Kier molecular flexibility index (Phi) is 4.24. The van der Waals surface area contributed by atoms with Crippen LogP contribution in [0.1, 0.15) is 29.3 Å². The zero-order valence-corrected chi connectivity index (χ0v) is 13.2. The summed E-state index contributed by atoms with van der Waals surface area (Å²) in [7, 11) is 0. The Bertz CT molecular complexity index is 817. The molecule has 0 spiro atoms. The van der Waals surface area contributed by atoms with Crippen LogP contribution in [0.25, 0.3) is 0 Å². The lowest BCUT2D eigenvalue weighted by molar-refractivity contribution is -0.137. The fraction of sp³-hybridized carbons (Fsp3) is 0.222. The third-order valence-electron chi connectivity index (χ3n) is 3.97. The first-order valence-electron chi connectivity index (χ1n) is 7.55. The molecule has 0 aromatic heterocycles. The molecule has 0 saturated carbocycles. The van der Waals surface area contributed by atoms with Crippen LogP contribution >= 0.6 is 0 Å². The predicted octanol–water partition coefficient (Wildman–Crippen LogP) is 3.73. The van der Waals surface area contributed by atoms with Crippen molar-refractivity contribution in [3.8, 4) is 0 Å². The first kappa shape index (κ1) is 17.0. The standard InChI is InChI=1S/C18H14F3NO3/c1-10(23)16-15(13-4-2-3-5-14(13)25-16)22-17(24)11-6-8-12(9-7-11)18(19,20)21/h2-3,5-9,13H,4H2,1H3,(H,22,24). The molecule has 25 heavy (non-hydrogen) atoms. The molecule has 0 bridgehead atoms. The zero-order chi connectivity index (χ0) is 18.2. The number of ketones is 1. The molecule has 4 nitrogen and oxygen atoms in total. The predicted molar refractivity (Wildman–Crippen MR) is 83.0 cm³/mol. The lowest BCUT2D eigenvalue weighted by Crippen LogP contribution is -2.27. The summed E-state index contributed by atoms with van der Waals surface area (Å²) in [4.78, 5) is 24.1. The van der Waals surface area contributed by atoms with Gasteiger partial charge in [-0.2, -0.15) is 13.2 Å². The van der Waals surface area contributed by atoms with Crippen molar-refractivity contribution < 1.29 is 27.5 Å². The third-order valence-corrected chi connectivity index (χ3v) is 3.97. The molecule has 130 valence electrons. The van der Waals surface area contributed by atoms with Crippen LogP contribution in [-0.4, -0.2) is 11.7 Å². The van der Waals surface area contributed by atoms with Gasteiger partial charge in [0.1, 0.15) is 5.76 Å². The van der Waals surface area contributed by atoms with E-state index in [1.54, 1.807) is 12.2 Å². The number of ether oxygens (including phenoxy) is 1. The summed E-state index contributed by atoms with van der Waals surface area (Å²) in [5, 5.41) is 2.62. The minimum Gasteiger partial charge on any atom is -0.455 e. The quantitative estimate of drug-likeness (QED) is 0.905. The molecule has 1 atom stereocenters. The molecule has 7 heteroatoms. The maximum atomic E-state index is 12.6. The molecule has 0 fully saturated rings. The van der Waals surface area contributed by atoms with Crippen molar-refractivity contribution in [1.82, 2.24) is 5.32 Å². The van der Waals surface area contributed by atoms with Crippen molar-refractivity contribution in [3.63, 3.8) is 0 Å². The number of benzene rings is 1. The number of carbonyl (C=O) groups is 2. The van der Waals surface area contributed by atoms with Crippen LogP contribution in [0.5, 0.6) is 0 Å². The van der Waals surface area contributed by atoms with Crippen LogP contribution in [0.15, 0.2) is 59.7 Å². The van der Waals surface area contributed by atoms with E-state index in [2.05, 4.69) is 5.32 Å². The van der Waals surface area contributed by atoms with E-state index in [1.807, 2.05) is 6.08 Å². The Morgan fingerprint density at radius 1 is 1.20 bits per heavy atom. The summed E-state index contributed by atoms with van der Waals surface area (Å²) in [6.07, 6.45) is 1.49. The Morgan fingerprint density at radius 3 is 2.48 bits per heavy atom. The van der Waals surface area contributed by atoms with E-state index in [9.17, 15) is 22.8 Å². The van der Waals surface area contributed by atoms with E-state index in [0.717, 1.165) is 24.3 Å². The molecule has 0 saturated heterocycles. The highest BCUT2D eigenvalue weighted by molar-refractivity contribution is 5.98. The number of rotatable bonds is 3. The number of allylic oxidation sites excluding steroid dienone is 4. The van der Waals surface area contributed by atoms with Gasteiger partial charge >= 0.3 is 6.18 Å². The Balaban J connectivity index is 1.84. The topological polar surface area (TPSA) is 55.4 Å². The normalized spacial score (nSPS) is 19.2. The van der Waals surface area contributed by atoms with Gasteiger partial charge < -0.3 is 10.1 Å². The Labute approximate surface area is 141 Å². The van der Waals surface area contributed by atoms with Gasteiger partial charge in [0.25, 0.3) is 5.91 Å². The minimum absolute atomic E-state index is 0.0558. The molecule has 1 aliphatic heterocycles. The number of fused-ring (bicyclic) bond motifs is 1. The minimum atomic E-state index is -4.47. The smallest absolute Gasteiger partial charge is 0.416 e. The third kappa shape index (κ3) is 3.35. The summed E-state index contributed by atoms with van der Waals surface area (Å²) in [6.45, 7) is 1.32. The van der Waals surface area contributed by atoms with E-state index in [4.69, 9.17) is 4.74 Å². The van der Waals surface area contributed by atoms with Crippen molar-refractivity contribution in [2.45, 2.75) is 19.5 Å². The average molecular weight is 349 g/mol. The van der Waals surface area contributed by atoms with Crippen molar-refractivity contribution in [3.05, 3.63) is 70.8 Å². The number of amides is 1. The highest BCUT2D eigenvalue weighted by atomic mass is 19.4. The highest BCUT2D eigenvalue weighted by Crippen LogP contribution is 2.38. The number of hydrogen-bond donors (Lipinski definition) is 1. The van der Waals surface area contributed by atoms with Crippen LogP contribution in [0, 0.1) is 5.92 Å². The van der Waals surface area contributed by atoms with Gasteiger partial charge in [0.2, 0.25) is 0 Å². The second-order valence-electron chi connectivity index (χ2n) is 5.72. The zero-order valence-electron chi connectivity index (χ0n) is 13.2. The van der Waals surface area contributed by atoms with Gasteiger partial charge in [-0.15, -0.1) is 0 Å². The molecular weight excluding hydrogens is 335 g/mol. The van der Waals surface area contributed by atoms with Gasteiger partial charge in [-0.1, -0.05) is 12.2 Å². The van der Waals surface area contributed by atoms with Crippen LogP contribution in [0.2, 0.25) is 0 Å². The van der Waals surface area contributed by atoms with Crippen molar-refractivity contribution >= 4 is 11.7 Å². The van der Waals surface area contributed by atoms with E-state index in [-0.39, 0.29) is 23.0 Å². The number of alkyl halides is 3. The van der Waals surface area contributed by atoms with E-state index < -0.39 is 17.6 Å². The first-order chi connectivity index (χ1) is 11.8. The largest absolute Gasteiger partial charge is 0.455 e.